The van der Waals surface area contributed by atoms with Gasteiger partial charge in [0.25, 0.3) is 0 Å². The molecule has 0 aliphatic heterocycles. The van der Waals surface area contributed by atoms with E-state index in [-0.39, 0.29) is 93.9 Å². The summed E-state index contributed by atoms with van der Waals surface area (Å²) in [5.41, 5.74) is 26.9. The monoisotopic (exact) mass is 2010 g/mol. The Balaban J connectivity index is 6.86. The molecule has 0 unspecified atom stereocenters. The highest BCUT2D eigenvalue weighted by Crippen LogP contribution is 2.17. The van der Waals surface area contributed by atoms with Crippen LogP contribution in [-0.2, 0) is 120 Å². The first-order chi connectivity index (χ1) is 65.3. The van der Waals surface area contributed by atoms with Crippen LogP contribution < -0.4 is 135 Å². The van der Waals surface area contributed by atoms with Crippen molar-refractivity contribution in [3.8, 4) is 0 Å². The minimum Gasteiger partial charge on any atom is -0.481 e. The van der Waals surface area contributed by atoms with Crippen LogP contribution in [0.5, 0.6) is 0 Å². The average molecular weight is 2010 g/mol. The number of primary amides is 3. The number of rotatable bonds is 68. The lowest BCUT2D eigenvalue weighted by Crippen LogP contribution is -2.61. The van der Waals surface area contributed by atoms with Gasteiger partial charge in [0.1, 0.15) is 96.7 Å². The highest BCUT2D eigenvalue weighted by molar-refractivity contribution is 6.03. The third-order valence-corrected chi connectivity index (χ3v) is 20.4. The Morgan fingerprint density at radius 1 is 0.241 bits per heavy atom. The first-order valence-electron chi connectivity index (χ1n) is 46.3. The zero-order chi connectivity index (χ0) is 108. The van der Waals surface area contributed by atoms with Crippen LogP contribution in [-0.4, -0.2) is 298 Å². The van der Waals surface area contributed by atoms with Gasteiger partial charge in [-0.05, 0) is 133 Å². The van der Waals surface area contributed by atoms with Crippen molar-refractivity contribution in [2.24, 2.45) is 70.1 Å². The predicted molar refractivity (Wildman–Crippen MR) is 504 cm³/mol. The van der Waals surface area contributed by atoms with E-state index in [0.717, 1.165) is 6.92 Å². The lowest BCUT2D eigenvalue weighted by Gasteiger charge is -2.29. The number of nitrogens with one attached hydrogen (secondary N) is 21. The van der Waals surface area contributed by atoms with Crippen LogP contribution in [0.15, 0.2) is 0 Å². The fourth-order valence-corrected chi connectivity index (χ4v) is 13.4. The van der Waals surface area contributed by atoms with Gasteiger partial charge >= 0.3 is 17.9 Å². The maximum absolute atomic E-state index is 14.7. The summed E-state index contributed by atoms with van der Waals surface area (Å²) in [5, 5.41) is 84.8. The van der Waals surface area contributed by atoms with Crippen molar-refractivity contribution >= 4 is 154 Å². The van der Waals surface area contributed by atoms with E-state index in [0.29, 0.717) is 0 Å². The molecule has 34 N–H and O–H groups in total. The van der Waals surface area contributed by atoms with Gasteiger partial charge in [0, 0.05) is 13.0 Å². The summed E-state index contributed by atoms with van der Waals surface area (Å²) in [7, 11) is 0. The average Bonchev–Trinajstić information content (AvgIpc) is 0.849. The fraction of sp³-hybridized carbons (Fsp3) is 0.701. The third-order valence-electron chi connectivity index (χ3n) is 20.4. The molecule has 54 nitrogen and oxygen atoms in total. The Hall–Kier alpha value is -14.0. The minimum atomic E-state index is -2.03. The number of amides is 22. The second-order valence-electron chi connectivity index (χ2n) is 37.4. The zero-order valence-corrected chi connectivity index (χ0v) is 83.2. The van der Waals surface area contributed by atoms with Gasteiger partial charge in [-0.15, -0.1) is 0 Å². The van der Waals surface area contributed by atoms with Crippen LogP contribution in [0.3, 0.4) is 0 Å². The summed E-state index contributed by atoms with van der Waals surface area (Å²) in [4.78, 5) is 333. The molecule has 0 fully saturated rings. The molecular weight excluding hydrogens is 1860 g/mol. The molecule has 0 saturated carbocycles. The molecule has 0 aromatic heterocycles. The van der Waals surface area contributed by atoms with Gasteiger partial charge in [-0.3, -0.25) is 120 Å². The molecule has 0 aromatic rings. The second-order valence-corrected chi connectivity index (χ2v) is 37.4. The van der Waals surface area contributed by atoms with Crippen molar-refractivity contribution in [3.05, 3.63) is 0 Å². The Kier molecular flexibility index (Phi) is 57.9. The Labute approximate surface area is 817 Å². The lowest BCUT2D eigenvalue weighted by molar-refractivity contribution is -0.143. The van der Waals surface area contributed by atoms with Crippen LogP contribution in [0.1, 0.15) is 221 Å². The number of carbonyl (C=O) groups is 25. The first kappa shape index (κ1) is 127. The van der Waals surface area contributed by atoms with Gasteiger partial charge < -0.3 is 150 Å². The highest BCUT2D eigenvalue weighted by Gasteiger charge is 2.41. The van der Waals surface area contributed by atoms with Crippen molar-refractivity contribution in [2.45, 2.75) is 324 Å². The van der Waals surface area contributed by atoms with Gasteiger partial charge in [0.15, 0.2) is 5.96 Å². The van der Waals surface area contributed by atoms with Gasteiger partial charge in [0.2, 0.25) is 130 Å². The molecule has 22 amide bonds. The van der Waals surface area contributed by atoms with Crippen molar-refractivity contribution in [1.82, 2.24) is 106 Å². The largest absolute Gasteiger partial charge is 0.481 e. The van der Waals surface area contributed by atoms with Crippen LogP contribution in [0.2, 0.25) is 0 Å². The maximum atomic E-state index is 14.7. The van der Waals surface area contributed by atoms with E-state index in [1.165, 1.54) is 20.8 Å². The number of nitrogens with two attached hydrogens (primary N) is 5. The topological polar surface area (TPSA) is 882 Å². The molecule has 0 aromatic carbocycles. The molecule has 796 valence electrons. The van der Waals surface area contributed by atoms with Crippen molar-refractivity contribution < 1.29 is 135 Å². The first-order valence-corrected chi connectivity index (χ1v) is 46.3. The number of hydrogen-bond donors (Lipinski definition) is 29. The van der Waals surface area contributed by atoms with E-state index in [1.54, 1.807) is 96.9 Å². The van der Waals surface area contributed by atoms with Gasteiger partial charge in [-0.2, -0.15) is 0 Å². The summed E-state index contributed by atoms with van der Waals surface area (Å²) in [6.07, 6.45) is -5.98. The SMILES string of the molecule is CC(C)C[C@H](NC(=O)[C@H](CCC(N)=O)NC(=O)[C@H](CC(N)=O)NC(=O)[C@H](CC(C)C)NC(=O)[C@H](CCCNC(=N)N)NC(=O)[C@H](CC(=O)O)NC(=O)[C@H](CC(C)C)NC(=O)[C@H](CC(C)C)NC(=O)[C@H](CC(C)C)NC(=O)[C@H](CC(C)C)NC(=O)[C@H](C)NC(=O)[C@H](CC(C)C)NC(=O)[C@H](C)NC(=O)[C@H](C)NC(=O)[C@H](CC(=O)O)NC(=O)CNC(=O)CNC(=O)[C@H](CC(N)=O)NC(=O)CNC(=O)[C@H](C)N)C(=O)O. The van der Waals surface area contributed by atoms with E-state index in [1.807, 2.05) is 0 Å². The predicted octanol–water partition coefficient (Wildman–Crippen LogP) is -8.87. The number of carbonyl (C=O) groups excluding carboxylic acids is 22. The van der Waals surface area contributed by atoms with E-state index in [9.17, 15) is 135 Å². The number of hydrogen-bond acceptors (Lipinski definition) is 27. The Morgan fingerprint density at radius 3 is 0.787 bits per heavy atom. The minimum absolute atomic E-state index is 0.0523. The fourth-order valence-electron chi connectivity index (χ4n) is 13.4. The molecule has 54 heteroatoms. The Morgan fingerprint density at radius 2 is 0.475 bits per heavy atom. The molecule has 17 atom stereocenters. The van der Waals surface area contributed by atoms with Crippen molar-refractivity contribution in [3.63, 3.8) is 0 Å². The standard InChI is InChI=1S/C87H150N26O28/c1-38(2)24-51(105-72(126)47(17)98-71(125)46(16)99-78(132)59(33-68(120)121)102-66(118)36-95-65(117)35-97-74(128)57(31-63(90)115)101-67(119)37-96-70(124)45(15)88)77(131)100-48(18)73(127)106-52(25-39(3)4)79(133)108-54(27-41(7)8)80(134)109-55(28-42(9)10)81(135)110-56(29-43(11)12)83(137)112-60(34-69(122)123)85(139)103-49(20-19-23-94-87(92)93)75(129)107-53(26-40(5)6)82(136)111-58(32-64(91)116)84(138)104-50(21-22-62(89)114)76(130)113-61(86(140)141)30-44(13)14/h38-61H,19-37,88H2,1-18H3,(H2,89,114)(H2,90,115)(H2,91,116)(H,95,117)(H,96,124)(H,97,128)(H,98,125)(H,99,132)(H,100,131)(H,101,119)(H,102,118)(H,103,139)(H,104,138)(H,105,126)(H,106,127)(H,107,129)(H,108,133)(H,109,134)(H,110,135)(H,111,136)(H,112,137)(H,113,130)(H,120,121)(H,122,123)(H,140,141)(H4,92,93,94)/t45-,46-,47-,48-,49-,50-,51-,52-,53-,54-,55-,56-,57-,58-,59-,60-,61-/m0/s1. The molecule has 0 rings (SSSR count). The van der Waals surface area contributed by atoms with Crippen LogP contribution in [0.25, 0.3) is 0 Å². The number of aliphatic carboxylic acids is 3. The number of guanidine groups is 1. The van der Waals surface area contributed by atoms with Crippen LogP contribution >= 0.6 is 0 Å². The lowest BCUT2D eigenvalue weighted by atomic mass is 9.98. The van der Waals surface area contributed by atoms with Gasteiger partial charge in [-0.25, -0.2) is 4.79 Å². The third kappa shape index (κ3) is 54.2. The second kappa shape index (κ2) is 64.3. The van der Waals surface area contributed by atoms with E-state index in [2.05, 4.69) is 106 Å². The van der Waals surface area contributed by atoms with Gasteiger partial charge in [0.05, 0.1) is 51.4 Å². The van der Waals surface area contributed by atoms with Gasteiger partial charge in [-0.1, -0.05) is 96.9 Å². The summed E-state index contributed by atoms with van der Waals surface area (Å²) in [6, 6.07) is -26.6. The molecule has 0 heterocycles. The van der Waals surface area contributed by atoms with E-state index < -0.39 is 327 Å². The smallest absolute Gasteiger partial charge is 0.326 e. The summed E-state index contributed by atoms with van der Waals surface area (Å²) in [6.45, 7) is 26.1. The van der Waals surface area contributed by atoms with E-state index >= 15 is 0 Å². The molecule has 0 radical (unpaired) electrons. The summed E-state index contributed by atoms with van der Waals surface area (Å²) < 4.78 is 0. The maximum Gasteiger partial charge on any atom is 0.326 e. The molecule has 0 spiro atoms. The highest BCUT2D eigenvalue weighted by atomic mass is 16.4. The quantitative estimate of drug-likeness (QED) is 0.0153. The Bertz CT molecular complexity index is 4370. The van der Waals surface area contributed by atoms with Crippen LogP contribution in [0.4, 0.5) is 0 Å². The van der Waals surface area contributed by atoms with Crippen molar-refractivity contribution in [1.29, 1.82) is 5.41 Å². The molecule has 0 aliphatic rings. The summed E-state index contributed by atoms with van der Waals surface area (Å²) >= 11 is 0. The molecule has 0 aliphatic carbocycles. The molecular formula is C87H150N26O28. The van der Waals surface area contributed by atoms with Crippen molar-refractivity contribution in [2.75, 3.05) is 26.2 Å². The number of carboxylic acids is 3. The van der Waals surface area contributed by atoms with E-state index in [4.69, 9.17) is 34.1 Å². The summed E-state index contributed by atoms with van der Waals surface area (Å²) in [5.74, 6) is -30.4. The molecule has 0 bridgehead atoms. The normalized spacial score (nSPS) is 14.8. The number of carboxylic acid groups (broad SMARTS) is 3. The van der Waals surface area contributed by atoms with Crippen LogP contribution in [0, 0.1) is 46.8 Å². The molecule has 141 heavy (non-hydrogen) atoms. The molecule has 0 saturated heterocycles. The zero-order valence-electron chi connectivity index (χ0n) is 83.2.